The standard InChI is InChI=1S/C19H26N2/c1-6-20-18(11-17-8-7-13(2)12-21-17)19-15(4)9-14(3)10-16(19)5/h7-10,12,18,20H,6,11H2,1-5H3. The first-order valence-electron chi connectivity index (χ1n) is 7.74. The van der Waals surface area contributed by atoms with Crippen molar-refractivity contribution >= 4 is 0 Å². The average molecular weight is 282 g/mol. The summed E-state index contributed by atoms with van der Waals surface area (Å²) in [7, 11) is 0. The summed E-state index contributed by atoms with van der Waals surface area (Å²) in [5.74, 6) is 0. The van der Waals surface area contributed by atoms with Crippen molar-refractivity contribution in [1.82, 2.24) is 10.3 Å². The topological polar surface area (TPSA) is 24.9 Å². The van der Waals surface area contributed by atoms with Crippen LogP contribution in [0.1, 0.15) is 46.5 Å². The molecule has 0 saturated carbocycles. The third-order valence-electron chi connectivity index (χ3n) is 3.92. The van der Waals surface area contributed by atoms with Gasteiger partial charge < -0.3 is 5.32 Å². The maximum absolute atomic E-state index is 4.56. The molecule has 0 aliphatic rings. The summed E-state index contributed by atoms with van der Waals surface area (Å²) in [6.07, 6.45) is 2.88. The molecule has 1 aromatic carbocycles. The summed E-state index contributed by atoms with van der Waals surface area (Å²) in [6.45, 7) is 11.8. The van der Waals surface area contributed by atoms with Crippen LogP contribution >= 0.6 is 0 Å². The lowest BCUT2D eigenvalue weighted by molar-refractivity contribution is 0.539. The maximum Gasteiger partial charge on any atom is 0.0422 e. The van der Waals surface area contributed by atoms with E-state index < -0.39 is 0 Å². The van der Waals surface area contributed by atoms with Gasteiger partial charge in [-0.15, -0.1) is 0 Å². The van der Waals surface area contributed by atoms with Crippen molar-refractivity contribution < 1.29 is 0 Å². The molecule has 2 heteroatoms. The van der Waals surface area contributed by atoms with Crippen LogP contribution in [0.4, 0.5) is 0 Å². The normalized spacial score (nSPS) is 12.4. The lowest BCUT2D eigenvalue weighted by atomic mass is 9.91. The van der Waals surface area contributed by atoms with Crippen LogP contribution < -0.4 is 5.32 Å². The van der Waals surface area contributed by atoms with E-state index in [0.717, 1.165) is 18.7 Å². The van der Waals surface area contributed by atoms with E-state index in [1.54, 1.807) is 0 Å². The summed E-state index contributed by atoms with van der Waals surface area (Å²) < 4.78 is 0. The Hall–Kier alpha value is -1.67. The van der Waals surface area contributed by atoms with Crippen LogP contribution in [-0.2, 0) is 6.42 Å². The van der Waals surface area contributed by atoms with Crippen LogP contribution in [-0.4, -0.2) is 11.5 Å². The fraction of sp³-hybridized carbons (Fsp3) is 0.421. The van der Waals surface area contributed by atoms with Crippen LogP contribution in [0.2, 0.25) is 0 Å². The highest BCUT2D eigenvalue weighted by atomic mass is 14.9. The molecule has 2 nitrogen and oxygen atoms in total. The number of aromatic nitrogens is 1. The Balaban J connectivity index is 2.33. The molecule has 0 amide bonds. The van der Waals surface area contributed by atoms with E-state index in [9.17, 15) is 0 Å². The zero-order valence-corrected chi connectivity index (χ0v) is 13.8. The number of hydrogen-bond donors (Lipinski definition) is 1. The van der Waals surface area contributed by atoms with Gasteiger partial charge in [-0.25, -0.2) is 0 Å². The molecule has 0 bridgehead atoms. The van der Waals surface area contributed by atoms with Crippen molar-refractivity contribution in [3.8, 4) is 0 Å². The average Bonchev–Trinajstić information content (AvgIpc) is 2.40. The van der Waals surface area contributed by atoms with Gasteiger partial charge in [-0.2, -0.15) is 0 Å². The van der Waals surface area contributed by atoms with E-state index in [-0.39, 0.29) is 0 Å². The van der Waals surface area contributed by atoms with Gasteiger partial charge in [0.15, 0.2) is 0 Å². The summed E-state index contributed by atoms with van der Waals surface area (Å²) in [4.78, 5) is 4.56. The molecule has 1 heterocycles. The molecule has 0 radical (unpaired) electrons. The van der Waals surface area contributed by atoms with Crippen molar-refractivity contribution in [1.29, 1.82) is 0 Å². The van der Waals surface area contributed by atoms with Gasteiger partial charge in [-0.1, -0.05) is 30.7 Å². The van der Waals surface area contributed by atoms with Gasteiger partial charge in [-0.05, 0) is 62.6 Å². The number of hydrogen-bond acceptors (Lipinski definition) is 2. The number of nitrogens with zero attached hydrogens (tertiary/aromatic N) is 1. The second-order valence-electron chi connectivity index (χ2n) is 5.95. The van der Waals surface area contributed by atoms with E-state index in [1.165, 1.54) is 27.8 Å². The van der Waals surface area contributed by atoms with Crippen molar-refractivity contribution in [2.75, 3.05) is 6.54 Å². The third-order valence-corrected chi connectivity index (χ3v) is 3.92. The van der Waals surface area contributed by atoms with Crippen LogP contribution in [0.3, 0.4) is 0 Å². The first kappa shape index (κ1) is 15.7. The smallest absolute Gasteiger partial charge is 0.0422 e. The molecule has 0 saturated heterocycles. The Bertz CT molecular complexity index is 576. The molecule has 21 heavy (non-hydrogen) atoms. The van der Waals surface area contributed by atoms with Crippen LogP contribution in [0.25, 0.3) is 0 Å². The minimum absolute atomic E-state index is 0.325. The van der Waals surface area contributed by atoms with Gasteiger partial charge in [0.2, 0.25) is 0 Å². The number of aryl methyl sites for hydroxylation is 4. The predicted molar refractivity (Wildman–Crippen MR) is 89.7 cm³/mol. The highest BCUT2D eigenvalue weighted by Gasteiger charge is 2.16. The molecule has 1 atom stereocenters. The SMILES string of the molecule is CCNC(Cc1ccc(C)cn1)c1c(C)cc(C)cc1C. The molecule has 2 aromatic rings. The van der Waals surface area contributed by atoms with Gasteiger partial charge in [0.1, 0.15) is 0 Å². The molecule has 0 aliphatic carbocycles. The largest absolute Gasteiger partial charge is 0.310 e. The van der Waals surface area contributed by atoms with Crippen molar-refractivity contribution in [2.45, 2.75) is 47.1 Å². The number of rotatable bonds is 5. The molecule has 0 aliphatic heterocycles. The molecule has 112 valence electrons. The second kappa shape index (κ2) is 6.86. The van der Waals surface area contributed by atoms with E-state index in [1.807, 2.05) is 6.20 Å². The molecule has 1 unspecified atom stereocenters. The van der Waals surface area contributed by atoms with Gasteiger partial charge >= 0.3 is 0 Å². The summed E-state index contributed by atoms with van der Waals surface area (Å²) in [5.41, 5.74) is 7.84. The van der Waals surface area contributed by atoms with Gasteiger partial charge in [-0.3, -0.25) is 4.98 Å². The van der Waals surface area contributed by atoms with Crippen molar-refractivity contribution in [3.63, 3.8) is 0 Å². The summed E-state index contributed by atoms with van der Waals surface area (Å²) in [6, 6.07) is 9.15. The highest BCUT2D eigenvalue weighted by molar-refractivity contribution is 5.40. The first-order chi connectivity index (χ1) is 10.0. The highest BCUT2D eigenvalue weighted by Crippen LogP contribution is 2.26. The van der Waals surface area contributed by atoms with Gasteiger partial charge in [0.05, 0.1) is 0 Å². The Kier molecular flexibility index (Phi) is 5.13. The summed E-state index contributed by atoms with van der Waals surface area (Å²) in [5, 5.41) is 3.62. The second-order valence-corrected chi connectivity index (χ2v) is 5.95. The predicted octanol–water partition coefficient (Wildman–Crippen LogP) is 4.21. The zero-order chi connectivity index (χ0) is 15.4. The van der Waals surface area contributed by atoms with Crippen molar-refractivity contribution in [2.24, 2.45) is 0 Å². The monoisotopic (exact) mass is 282 g/mol. The Morgan fingerprint density at radius 1 is 1.00 bits per heavy atom. The van der Waals surface area contributed by atoms with Crippen LogP contribution in [0.15, 0.2) is 30.5 Å². The number of likely N-dealkylation sites (N-methyl/N-ethyl adjacent to an activating group) is 1. The minimum Gasteiger partial charge on any atom is -0.310 e. The first-order valence-corrected chi connectivity index (χ1v) is 7.74. The van der Waals surface area contributed by atoms with E-state index in [0.29, 0.717) is 6.04 Å². The molecular weight excluding hydrogens is 256 g/mol. The Morgan fingerprint density at radius 3 is 2.19 bits per heavy atom. The molecular formula is C19H26N2. The van der Waals surface area contributed by atoms with Gasteiger partial charge in [0, 0.05) is 24.4 Å². The van der Waals surface area contributed by atoms with Crippen molar-refractivity contribution in [3.05, 3.63) is 64.0 Å². The fourth-order valence-electron chi connectivity index (χ4n) is 3.09. The minimum atomic E-state index is 0.325. The third kappa shape index (κ3) is 3.92. The van der Waals surface area contributed by atoms with E-state index in [2.05, 4.69) is 69.2 Å². The van der Waals surface area contributed by atoms with E-state index >= 15 is 0 Å². The van der Waals surface area contributed by atoms with Crippen LogP contribution in [0.5, 0.6) is 0 Å². The van der Waals surface area contributed by atoms with Crippen LogP contribution in [0, 0.1) is 27.7 Å². The number of nitrogens with one attached hydrogen (secondary N) is 1. The fourth-order valence-corrected chi connectivity index (χ4v) is 3.09. The van der Waals surface area contributed by atoms with Gasteiger partial charge in [0.25, 0.3) is 0 Å². The molecule has 0 fully saturated rings. The maximum atomic E-state index is 4.56. The Labute approximate surface area is 128 Å². The number of pyridine rings is 1. The molecule has 1 N–H and O–H groups in total. The number of benzene rings is 1. The lowest BCUT2D eigenvalue weighted by Gasteiger charge is -2.23. The summed E-state index contributed by atoms with van der Waals surface area (Å²) >= 11 is 0. The Morgan fingerprint density at radius 2 is 1.67 bits per heavy atom. The molecule has 0 spiro atoms. The molecule has 2 rings (SSSR count). The zero-order valence-electron chi connectivity index (χ0n) is 13.8. The lowest BCUT2D eigenvalue weighted by Crippen LogP contribution is -2.25. The van der Waals surface area contributed by atoms with E-state index in [4.69, 9.17) is 0 Å². The quantitative estimate of drug-likeness (QED) is 0.888. The molecule has 1 aromatic heterocycles.